The first-order chi connectivity index (χ1) is 11.9. The highest BCUT2D eigenvalue weighted by Crippen LogP contribution is 2.18. The molecule has 0 spiro atoms. The summed E-state index contributed by atoms with van der Waals surface area (Å²) in [4.78, 5) is 23.2. The van der Waals surface area contributed by atoms with Crippen LogP contribution in [0.5, 0.6) is 0 Å². The van der Waals surface area contributed by atoms with Crippen LogP contribution in [0.25, 0.3) is 0 Å². The monoisotopic (exact) mass is 366 g/mol. The van der Waals surface area contributed by atoms with E-state index in [0.717, 1.165) is 25.7 Å². The smallest absolute Gasteiger partial charge is 0.235 e. The second-order valence-corrected chi connectivity index (χ2v) is 8.56. The van der Waals surface area contributed by atoms with Crippen molar-refractivity contribution in [3.8, 4) is 0 Å². The van der Waals surface area contributed by atoms with E-state index in [-0.39, 0.29) is 16.8 Å². The summed E-state index contributed by atoms with van der Waals surface area (Å²) in [5.74, 6) is -1.23. The molecule has 1 aliphatic carbocycles. The molecule has 0 unspecified atom stereocenters. The summed E-state index contributed by atoms with van der Waals surface area (Å²) in [5, 5.41) is 5.45. The summed E-state index contributed by atoms with van der Waals surface area (Å²) >= 11 is 0. The molecule has 1 saturated carbocycles. The Morgan fingerprint density at radius 3 is 2.12 bits per heavy atom. The number of carbonyl (C=O) groups is 2. The zero-order valence-corrected chi connectivity index (χ0v) is 15.4. The molecular weight excluding hydrogens is 340 g/mol. The average Bonchev–Trinajstić information content (AvgIpc) is 2.49. The van der Waals surface area contributed by atoms with Gasteiger partial charge < -0.3 is 10.6 Å². The topological polar surface area (TPSA) is 92.3 Å². The van der Waals surface area contributed by atoms with Crippen LogP contribution in [-0.4, -0.2) is 32.0 Å². The van der Waals surface area contributed by atoms with Crippen molar-refractivity contribution in [3.05, 3.63) is 24.3 Å². The van der Waals surface area contributed by atoms with E-state index in [1.165, 1.54) is 50.5 Å². The van der Waals surface area contributed by atoms with Crippen molar-refractivity contribution in [3.63, 3.8) is 0 Å². The fourth-order valence-electron chi connectivity index (χ4n) is 3.07. The third kappa shape index (κ3) is 6.49. The van der Waals surface area contributed by atoms with Crippen LogP contribution in [0.3, 0.4) is 0 Å². The molecule has 0 bridgehead atoms. The molecule has 1 aromatic rings. The van der Waals surface area contributed by atoms with Crippen molar-refractivity contribution in [2.45, 2.75) is 62.8 Å². The molecule has 0 radical (unpaired) electrons. The van der Waals surface area contributed by atoms with Gasteiger partial charge in [0, 0.05) is 18.7 Å². The highest BCUT2D eigenvalue weighted by molar-refractivity contribution is 7.92. The molecule has 0 saturated heterocycles. The van der Waals surface area contributed by atoms with Crippen molar-refractivity contribution in [1.29, 1.82) is 0 Å². The van der Waals surface area contributed by atoms with E-state index in [2.05, 4.69) is 10.6 Å². The fraction of sp³-hybridized carbons (Fsp3) is 0.556. The maximum Gasteiger partial charge on any atom is 0.235 e. The average molecular weight is 366 g/mol. The highest BCUT2D eigenvalue weighted by atomic mass is 32.2. The minimum atomic E-state index is -3.70. The number of benzene rings is 1. The van der Waals surface area contributed by atoms with Gasteiger partial charge in [0.15, 0.2) is 9.84 Å². The molecule has 1 fully saturated rings. The Labute approximate surface area is 149 Å². The van der Waals surface area contributed by atoms with E-state index in [4.69, 9.17) is 0 Å². The molecule has 6 nitrogen and oxygen atoms in total. The van der Waals surface area contributed by atoms with Crippen LogP contribution in [0.4, 0.5) is 5.69 Å². The number of rotatable bonds is 5. The van der Waals surface area contributed by atoms with E-state index < -0.39 is 21.5 Å². The summed E-state index contributed by atoms with van der Waals surface area (Å²) in [5.41, 5.74) is 0.519. The molecule has 1 aromatic carbocycles. The van der Waals surface area contributed by atoms with Gasteiger partial charge in [-0.3, -0.25) is 9.59 Å². The number of carbonyl (C=O) groups excluding carboxylic acids is 2. The molecule has 2 N–H and O–H groups in total. The molecule has 0 heterocycles. The van der Waals surface area contributed by atoms with Gasteiger partial charge in [-0.25, -0.2) is 8.42 Å². The molecule has 1 aliphatic rings. The number of anilines is 1. The Kier molecular flexibility index (Phi) is 6.99. The van der Waals surface area contributed by atoms with Gasteiger partial charge >= 0.3 is 0 Å². The van der Waals surface area contributed by atoms with Crippen molar-refractivity contribution < 1.29 is 18.0 Å². The summed E-state index contributed by atoms with van der Waals surface area (Å²) in [7, 11) is -3.70. The molecule has 25 heavy (non-hydrogen) atoms. The Bertz CT molecular complexity index is 690. The number of hydrogen-bond acceptors (Lipinski definition) is 4. The predicted octanol–water partition coefficient (Wildman–Crippen LogP) is 2.65. The molecule has 0 aromatic heterocycles. The molecule has 0 aliphatic heterocycles. The maximum atomic E-state index is 12.4. The van der Waals surface area contributed by atoms with Gasteiger partial charge in [-0.1, -0.05) is 32.1 Å². The van der Waals surface area contributed by atoms with Crippen molar-refractivity contribution in [2.24, 2.45) is 0 Å². The van der Waals surface area contributed by atoms with E-state index >= 15 is 0 Å². The summed E-state index contributed by atoms with van der Waals surface area (Å²) in [6.45, 7) is 1.38. The van der Waals surface area contributed by atoms with E-state index in [9.17, 15) is 18.0 Å². The maximum absolute atomic E-state index is 12.4. The molecule has 138 valence electrons. The molecular formula is C18H26N2O4S. The quantitative estimate of drug-likeness (QED) is 0.838. The summed E-state index contributed by atoms with van der Waals surface area (Å²) in [6, 6.07) is 5.92. The standard InChI is InChI=1S/C18H26N2O4S/c1-14(21)19-16-9-11-17(12-10-16)25(23,24)13-18(22)20-15-7-5-3-2-4-6-8-15/h9-12,15H,2-8,13H2,1H3,(H,19,21)(H,20,22). The van der Waals surface area contributed by atoms with Crippen LogP contribution in [0, 0.1) is 0 Å². The second kappa shape index (κ2) is 8.99. The lowest BCUT2D eigenvalue weighted by Crippen LogP contribution is -2.38. The van der Waals surface area contributed by atoms with Crippen molar-refractivity contribution in [1.82, 2.24) is 5.32 Å². The van der Waals surface area contributed by atoms with Gasteiger partial charge in [0.25, 0.3) is 0 Å². The third-order valence-electron chi connectivity index (χ3n) is 4.33. The lowest BCUT2D eigenvalue weighted by Gasteiger charge is -2.21. The SMILES string of the molecule is CC(=O)Nc1ccc(S(=O)(=O)CC(=O)NC2CCCCCCC2)cc1. The first-order valence-corrected chi connectivity index (χ1v) is 10.4. The van der Waals surface area contributed by atoms with Crippen LogP contribution >= 0.6 is 0 Å². The molecule has 7 heteroatoms. The van der Waals surface area contributed by atoms with Crippen LogP contribution in [-0.2, 0) is 19.4 Å². The molecule has 2 rings (SSSR count). The zero-order valence-electron chi connectivity index (χ0n) is 14.6. The Balaban J connectivity index is 1.94. The lowest BCUT2D eigenvalue weighted by atomic mass is 9.97. The number of nitrogens with one attached hydrogen (secondary N) is 2. The van der Waals surface area contributed by atoms with E-state index in [1.807, 2.05) is 0 Å². The fourth-order valence-corrected chi connectivity index (χ4v) is 4.22. The zero-order chi connectivity index (χ0) is 18.3. The lowest BCUT2D eigenvalue weighted by molar-refractivity contribution is -0.119. The first kappa shape index (κ1) is 19.4. The van der Waals surface area contributed by atoms with Gasteiger partial charge in [-0.2, -0.15) is 0 Å². The van der Waals surface area contributed by atoms with Gasteiger partial charge in [0.2, 0.25) is 11.8 Å². The summed E-state index contributed by atoms with van der Waals surface area (Å²) in [6.07, 6.45) is 7.55. The number of amides is 2. The van der Waals surface area contributed by atoms with Crippen LogP contribution in [0.2, 0.25) is 0 Å². The van der Waals surface area contributed by atoms with Gasteiger partial charge in [-0.15, -0.1) is 0 Å². The van der Waals surface area contributed by atoms with Gasteiger partial charge in [-0.05, 0) is 37.1 Å². The van der Waals surface area contributed by atoms with E-state index in [1.54, 1.807) is 0 Å². The Hall–Kier alpha value is -1.89. The summed E-state index contributed by atoms with van der Waals surface area (Å²) < 4.78 is 24.8. The molecule has 2 amide bonds. The number of sulfone groups is 1. The second-order valence-electron chi connectivity index (χ2n) is 6.57. The van der Waals surface area contributed by atoms with Crippen LogP contribution in [0.1, 0.15) is 51.9 Å². The van der Waals surface area contributed by atoms with Crippen LogP contribution < -0.4 is 10.6 Å². The number of hydrogen-bond donors (Lipinski definition) is 2. The predicted molar refractivity (Wildman–Crippen MR) is 97.0 cm³/mol. The largest absolute Gasteiger partial charge is 0.352 e. The van der Waals surface area contributed by atoms with Crippen LogP contribution in [0.15, 0.2) is 29.2 Å². The Morgan fingerprint density at radius 2 is 1.56 bits per heavy atom. The minimum absolute atomic E-state index is 0.0742. The van der Waals surface area contributed by atoms with Gasteiger partial charge in [0.05, 0.1) is 4.90 Å². The van der Waals surface area contributed by atoms with E-state index in [0.29, 0.717) is 5.69 Å². The van der Waals surface area contributed by atoms with Gasteiger partial charge in [0.1, 0.15) is 5.75 Å². The minimum Gasteiger partial charge on any atom is -0.352 e. The first-order valence-electron chi connectivity index (χ1n) is 8.76. The normalized spacial score (nSPS) is 16.5. The van der Waals surface area contributed by atoms with Crippen molar-refractivity contribution in [2.75, 3.05) is 11.1 Å². The third-order valence-corrected chi connectivity index (χ3v) is 5.96. The Morgan fingerprint density at radius 1 is 1.00 bits per heavy atom. The molecule has 0 atom stereocenters. The van der Waals surface area contributed by atoms with Crippen molar-refractivity contribution >= 4 is 27.3 Å². The highest BCUT2D eigenvalue weighted by Gasteiger charge is 2.22.